The van der Waals surface area contributed by atoms with Gasteiger partial charge in [0.25, 0.3) is 0 Å². The highest BCUT2D eigenvalue weighted by Gasteiger charge is 2.13. The van der Waals surface area contributed by atoms with Gasteiger partial charge in [0.05, 0.1) is 0 Å². The van der Waals surface area contributed by atoms with Gasteiger partial charge in [0.1, 0.15) is 0 Å². The summed E-state index contributed by atoms with van der Waals surface area (Å²) in [5.74, 6) is 0. The summed E-state index contributed by atoms with van der Waals surface area (Å²) in [5.41, 5.74) is 0. The molecule has 3 heterocycles. The summed E-state index contributed by atoms with van der Waals surface area (Å²) in [7, 11) is 0. The third-order valence-corrected chi connectivity index (χ3v) is 6.36. The van der Waals surface area contributed by atoms with Gasteiger partial charge in [0, 0.05) is 18.1 Å². The van der Waals surface area contributed by atoms with Crippen molar-refractivity contribution in [1.82, 2.24) is 14.7 Å². The smallest absolute Gasteiger partial charge is 0.00385 e. The van der Waals surface area contributed by atoms with E-state index in [4.69, 9.17) is 0 Å². The number of rotatable bonds is 3. The van der Waals surface area contributed by atoms with Crippen LogP contribution in [-0.2, 0) is 0 Å². The van der Waals surface area contributed by atoms with Crippen LogP contribution >= 0.6 is 0 Å². The molecule has 0 spiro atoms. The van der Waals surface area contributed by atoms with E-state index >= 15 is 0 Å². The molecule has 27 heavy (non-hydrogen) atoms. The Morgan fingerprint density at radius 3 is 0.741 bits per heavy atom. The van der Waals surface area contributed by atoms with E-state index in [9.17, 15) is 0 Å². The molecule has 0 aliphatic carbocycles. The van der Waals surface area contributed by atoms with Crippen molar-refractivity contribution < 1.29 is 0 Å². The molecule has 0 aromatic heterocycles. The highest BCUT2D eigenvalue weighted by Crippen LogP contribution is 2.12. The summed E-state index contributed by atoms with van der Waals surface area (Å²) in [6, 6.07) is 2.31. The molecule has 0 N–H and O–H groups in total. The molecule has 0 aromatic rings. The lowest BCUT2D eigenvalue weighted by atomic mass is 10.1. The maximum absolute atomic E-state index is 2.59. The number of piperidine rings is 1. The van der Waals surface area contributed by atoms with Crippen LogP contribution in [0.3, 0.4) is 0 Å². The quantitative estimate of drug-likeness (QED) is 0.626. The van der Waals surface area contributed by atoms with E-state index in [1.807, 2.05) is 0 Å². The van der Waals surface area contributed by atoms with Gasteiger partial charge in [-0.15, -0.1) is 0 Å². The normalized spacial score (nSPS) is 23.0. The molecular formula is C24H51N3. The van der Waals surface area contributed by atoms with Gasteiger partial charge in [0.2, 0.25) is 0 Å². The van der Waals surface area contributed by atoms with E-state index in [2.05, 4.69) is 56.2 Å². The molecular weight excluding hydrogens is 330 g/mol. The zero-order valence-corrected chi connectivity index (χ0v) is 19.7. The fourth-order valence-corrected chi connectivity index (χ4v) is 4.30. The Bertz CT molecular complexity index is 321. The largest absolute Gasteiger partial charge is 0.301 e. The van der Waals surface area contributed by atoms with Gasteiger partial charge < -0.3 is 14.7 Å². The fraction of sp³-hybridized carbons (Fsp3) is 1.00. The third kappa shape index (κ3) is 11.5. The second kappa shape index (κ2) is 14.8. The fourth-order valence-electron chi connectivity index (χ4n) is 4.30. The zero-order chi connectivity index (χ0) is 20.1. The predicted molar refractivity (Wildman–Crippen MR) is 122 cm³/mol. The lowest BCUT2D eigenvalue weighted by molar-refractivity contribution is 0.185. The van der Waals surface area contributed by atoms with E-state index in [0.29, 0.717) is 0 Å². The first-order valence-electron chi connectivity index (χ1n) is 12.1. The first-order chi connectivity index (χ1) is 12.9. The molecule has 162 valence electrons. The lowest BCUT2D eigenvalue weighted by Crippen LogP contribution is -2.35. The minimum Gasteiger partial charge on any atom is -0.301 e. The maximum atomic E-state index is 2.59. The van der Waals surface area contributed by atoms with Crippen molar-refractivity contribution in [2.45, 2.75) is 117 Å². The summed E-state index contributed by atoms with van der Waals surface area (Å²) in [4.78, 5) is 7.68. The van der Waals surface area contributed by atoms with Gasteiger partial charge in [-0.2, -0.15) is 0 Å². The highest BCUT2D eigenvalue weighted by atomic mass is 15.2. The molecule has 0 saturated carbocycles. The van der Waals surface area contributed by atoms with Crippen LogP contribution in [0.5, 0.6) is 0 Å². The van der Waals surface area contributed by atoms with Crippen molar-refractivity contribution in [2.75, 3.05) is 39.3 Å². The molecule has 3 saturated heterocycles. The van der Waals surface area contributed by atoms with Crippen molar-refractivity contribution in [3.63, 3.8) is 0 Å². The van der Waals surface area contributed by atoms with Gasteiger partial charge in [-0.3, -0.25) is 0 Å². The molecule has 0 atom stereocenters. The Labute approximate surface area is 171 Å². The van der Waals surface area contributed by atoms with Crippen LogP contribution in [-0.4, -0.2) is 72.1 Å². The Hall–Kier alpha value is -0.120. The summed E-state index contributed by atoms with van der Waals surface area (Å²) in [6.07, 6.45) is 12.8. The maximum Gasteiger partial charge on any atom is 0.00385 e. The van der Waals surface area contributed by atoms with Crippen LogP contribution in [0, 0.1) is 0 Å². The molecule has 3 aliphatic heterocycles. The van der Waals surface area contributed by atoms with Crippen LogP contribution in [0.1, 0.15) is 99.3 Å². The van der Waals surface area contributed by atoms with Gasteiger partial charge in [-0.05, 0) is 119 Å². The van der Waals surface area contributed by atoms with Crippen LogP contribution in [0.15, 0.2) is 0 Å². The van der Waals surface area contributed by atoms with Crippen molar-refractivity contribution in [3.05, 3.63) is 0 Å². The van der Waals surface area contributed by atoms with Crippen molar-refractivity contribution in [2.24, 2.45) is 0 Å². The van der Waals surface area contributed by atoms with E-state index in [1.165, 1.54) is 97.1 Å². The van der Waals surface area contributed by atoms with Crippen molar-refractivity contribution >= 4 is 0 Å². The molecule has 0 unspecified atom stereocenters. The van der Waals surface area contributed by atoms with Crippen LogP contribution < -0.4 is 0 Å². The Morgan fingerprint density at radius 2 is 0.519 bits per heavy atom. The van der Waals surface area contributed by atoms with Gasteiger partial charge in [0.15, 0.2) is 0 Å². The molecule has 3 aliphatic rings. The average molecular weight is 382 g/mol. The minimum atomic E-state index is 0.762. The standard InChI is InChI=1S/C9H19N.C8H17N.C7H15N/c1-9(2)10-7-5-3-4-6-8-10;1-8(2)9-6-4-3-5-7-9;1-7(2)8-5-3-4-6-8/h9H,3-8H2,1-2H3;8H,3-7H2,1-2H3;7H,3-6H2,1-2H3. The molecule has 0 radical (unpaired) electrons. The Kier molecular flexibility index (Phi) is 13.7. The van der Waals surface area contributed by atoms with Gasteiger partial charge in [-0.25, -0.2) is 0 Å². The summed E-state index contributed by atoms with van der Waals surface area (Å²) < 4.78 is 0. The number of hydrogen-bond acceptors (Lipinski definition) is 3. The average Bonchev–Trinajstić information content (AvgIpc) is 3.06. The lowest BCUT2D eigenvalue weighted by Gasteiger charge is -2.29. The monoisotopic (exact) mass is 381 g/mol. The van der Waals surface area contributed by atoms with Crippen LogP contribution in [0.4, 0.5) is 0 Å². The second-order valence-corrected chi connectivity index (χ2v) is 9.57. The minimum absolute atomic E-state index is 0.762. The molecule has 3 nitrogen and oxygen atoms in total. The molecule has 3 heteroatoms. The van der Waals surface area contributed by atoms with Crippen LogP contribution in [0.2, 0.25) is 0 Å². The first-order valence-corrected chi connectivity index (χ1v) is 12.1. The summed E-state index contributed by atoms with van der Waals surface area (Å²) in [6.45, 7) is 21.7. The molecule has 3 rings (SSSR count). The molecule has 3 fully saturated rings. The first kappa shape index (κ1) is 24.9. The zero-order valence-electron chi connectivity index (χ0n) is 19.7. The van der Waals surface area contributed by atoms with E-state index in [-0.39, 0.29) is 0 Å². The van der Waals surface area contributed by atoms with Crippen molar-refractivity contribution in [3.8, 4) is 0 Å². The van der Waals surface area contributed by atoms with Crippen LogP contribution in [0.25, 0.3) is 0 Å². The second-order valence-electron chi connectivity index (χ2n) is 9.57. The topological polar surface area (TPSA) is 9.72 Å². The molecule has 0 bridgehead atoms. The Morgan fingerprint density at radius 1 is 0.333 bits per heavy atom. The molecule has 0 aromatic carbocycles. The third-order valence-electron chi connectivity index (χ3n) is 6.36. The summed E-state index contributed by atoms with van der Waals surface area (Å²) >= 11 is 0. The number of likely N-dealkylation sites (tertiary alicyclic amines) is 3. The predicted octanol–water partition coefficient (Wildman–Crippen LogP) is 5.64. The van der Waals surface area contributed by atoms with Crippen molar-refractivity contribution in [1.29, 1.82) is 0 Å². The number of nitrogens with zero attached hydrogens (tertiary/aromatic N) is 3. The summed E-state index contributed by atoms with van der Waals surface area (Å²) in [5, 5.41) is 0. The van der Waals surface area contributed by atoms with Gasteiger partial charge >= 0.3 is 0 Å². The van der Waals surface area contributed by atoms with E-state index in [1.54, 1.807) is 0 Å². The Balaban J connectivity index is 0.000000204. The van der Waals surface area contributed by atoms with E-state index in [0.717, 1.165) is 18.1 Å². The SMILES string of the molecule is CC(C)N1CCCC1.CC(C)N1CCCCC1.CC(C)N1CCCCCC1. The number of hydrogen-bond donors (Lipinski definition) is 0. The van der Waals surface area contributed by atoms with E-state index < -0.39 is 0 Å². The van der Waals surface area contributed by atoms with Gasteiger partial charge in [-0.1, -0.05) is 19.3 Å². The highest BCUT2D eigenvalue weighted by molar-refractivity contribution is 4.69. The molecule has 0 amide bonds.